The normalized spacial score (nSPS) is 10.9. The molecule has 2 aromatic carbocycles. The van der Waals surface area contributed by atoms with Crippen molar-refractivity contribution < 1.29 is 9.13 Å². The number of hydrogen-bond donors (Lipinski definition) is 1. The Kier molecular flexibility index (Phi) is 6.64. The lowest BCUT2D eigenvalue weighted by Crippen LogP contribution is -2.08. The number of benzene rings is 2. The lowest BCUT2D eigenvalue weighted by molar-refractivity contribution is 0.0790. The molecule has 0 fully saturated rings. The predicted molar refractivity (Wildman–Crippen MR) is 119 cm³/mol. The number of pyridine rings is 1. The Morgan fingerprint density at radius 1 is 1.00 bits per heavy atom. The quantitative estimate of drug-likeness (QED) is 0.424. The molecular formula is C24H24FN5O. The molecule has 0 aliphatic rings. The Morgan fingerprint density at radius 2 is 1.81 bits per heavy atom. The fourth-order valence-electron chi connectivity index (χ4n) is 3.32. The molecule has 1 N–H and O–H groups in total. The number of hydrogen-bond acceptors (Lipinski definition) is 5. The fraction of sp³-hybridized carbons (Fsp3) is 0.208. The highest BCUT2D eigenvalue weighted by Crippen LogP contribution is 2.31. The summed E-state index contributed by atoms with van der Waals surface area (Å²) in [5.74, 6) is 0.475. The lowest BCUT2D eigenvalue weighted by atomic mass is 10.1. The molecule has 0 unspecified atom stereocenters. The van der Waals surface area contributed by atoms with E-state index in [0.29, 0.717) is 12.3 Å². The third kappa shape index (κ3) is 5.13. The summed E-state index contributed by atoms with van der Waals surface area (Å²) in [6.07, 6.45) is 2.66. The summed E-state index contributed by atoms with van der Waals surface area (Å²) in [5.41, 5.74) is 4.43. The van der Waals surface area contributed by atoms with Crippen molar-refractivity contribution in [3.63, 3.8) is 0 Å². The Balaban J connectivity index is 1.60. The van der Waals surface area contributed by atoms with Crippen LogP contribution in [0.3, 0.4) is 0 Å². The van der Waals surface area contributed by atoms with E-state index in [1.54, 1.807) is 23.0 Å². The second-order valence-electron chi connectivity index (χ2n) is 7.01. The molecule has 158 valence electrons. The maximum Gasteiger partial charge on any atom is 0.141 e. The molecule has 0 bridgehead atoms. The van der Waals surface area contributed by atoms with Crippen molar-refractivity contribution in [1.29, 1.82) is 0 Å². The molecule has 7 heteroatoms. The highest BCUT2D eigenvalue weighted by Gasteiger charge is 2.17. The van der Waals surface area contributed by atoms with Gasteiger partial charge in [-0.15, -0.1) is 5.10 Å². The van der Waals surface area contributed by atoms with E-state index >= 15 is 0 Å². The van der Waals surface area contributed by atoms with Crippen LogP contribution in [0.5, 0.6) is 0 Å². The van der Waals surface area contributed by atoms with Gasteiger partial charge in [0.05, 0.1) is 5.69 Å². The minimum atomic E-state index is -0.291. The van der Waals surface area contributed by atoms with Crippen LogP contribution >= 0.6 is 0 Å². The van der Waals surface area contributed by atoms with E-state index in [1.807, 2.05) is 37.3 Å². The summed E-state index contributed by atoms with van der Waals surface area (Å²) in [5, 5.41) is 12.0. The Morgan fingerprint density at radius 3 is 2.58 bits per heavy atom. The van der Waals surface area contributed by atoms with Crippen LogP contribution in [-0.2, 0) is 17.9 Å². The van der Waals surface area contributed by atoms with E-state index in [-0.39, 0.29) is 12.5 Å². The van der Waals surface area contributed by atoms with Crippen molar-refractivity contribution in [2.24, 2.45) is 0 Å². The van der Waals surface area contributed by atoms with Crippen LogP contribution in [0.4, 0.5) is 10.2 Å². The number of ether oxygens (including phenoxy) is 1. The molecule has 0 spiro atoms. The minimum absolute atomic E-state index is 0.277. The van der Waals surface area contributed by atoms with Gasteiger partial charge in [-0.2, -0.15) is 0 Å². The summed E-state index contributed by atoms with van der Waals surface area (Å²) in [4.78, 5) is 4.44. The molecule has 4 rings (SSSR count). The first-order valence-electron chi connectivity index (χ1n) is 10.3. The number of halogens is 1. The van der Waals surface area contributed by atoms with Crippen LogP contribution in [0, 0.1) is 5.82 Å². The Bertz CT molecular complexity index is 1110. The fourth-order valence-corrected chi connectivity index (χ4v) is 3.32. The SMILES string of the molecule is CCOCn1nnc(-c2ccc(F)cc2)c1-c1ccnc(NCCc2ccccc2)c1. The van der Waals surface area contributed by atoms with Crippen LogP contribution in [0.15, 0.2) is 72.9 Å². The van der Waals surface area contributed by atoms with Crippen LogP contribution in [0.25, 0.3) is 22.5 Å². The first-order chi connectivity index (χ1) is 15.2. The third-order valence-electron chi connectivity index (χ3n) is 4.87. The zero-order valence-electron chi connectivity index (χ0n) is 17.3. The van der Waals surface area contributed by atoms with Gasteiger partial charge in [-0.25, -0.2) is 14.1 Å². The van der Waals surface area contributed by atoms with Gasteiger partial charge in [0.25, 0.3) is 0 Å². The maximum absolute atomic E-state index is 13.4. The minimum Gasteiger partial charge on any atom is -0.370 e. The van der Waals surface area contributed by atoms with Crippen LogP contribution in [0.1, 0.15) is 12.5 Å². The second-order valence-corrected chi connectivity index (χ2v) is 7.01. The zero-order chi connectivity index (χ0) is 21.5. The zero-order valence-corrected chi connectivity index (χ0v) is 17.3. The van der Waals surface area contributed by atoms with Crippen molar-refractivity contribution in [3.8, 4) is 22.5 Å². The monoisotopic (exact) mass is 417 g/mol. The summed E-state index contributed by atoms with van der Waals surface area (Å²) < 4.78 is 20.7. The number of aromatic nitrogens is 4. The van der Waals surface area contributed by atoms with Crippen molar-refractivity contribution in [2.45, 2.75) is 20.1 Å². The lowest BCUT2D eigenvalue weighted by Gasteiger charge is -2.11. The topological polar surface area (TPSA) is 64.9 Å². The van der Waals surface area contributed by atoms with E-state index in [4.69, 9.17) is 4.74 Å². The van der Waals surface area contributed by atoms with E-state index < -0.39 is 0 Å². The third-order valence-corrected chi connectivity index (χ3v) is 4.87. The van der Waals surface area contributed by atoms with Gasteiger partial charge >= 0.3 is 0 Å². The average Bonchev–Trinajstić information content (AvgIpc) is 3.23. The predicted octanol–water partition coefficient (Wildman–Crippen LogP) is 4.79. The van der Waals surface area contributed by atoms with E-state index in [1.165, 1.54) is 17.7 Å². The van der Waals surface area contributed by atoms with E-state index in [9.17, 15) is 4.39 Å². The summed E-state index contributed by atoms with van der Waals surface area (Å²) in [6, 6.07) is 20.4. The number of nitrogens with zero attached hydrogens (tertiary/aromatic N) is 4. The number of rotatable bonds is 9. The van der Waals surface area contributed by atoms with Gasteiger partial charge < -0.3 is 10.1 Å². The van der Waals surface area contributed by atoms with E-state index in [2.05, 4.69) is 32.7 Å². The molecule has 0 saturated carbocycles. The molecule has 0 amide bonds. The molecule has 2 heterocycles. The van der Waals surface area contributed by atoms with Gasteiger partial charge in [0.15, 0.2) is 0 Å². The van der Waals surface area contributed by atoms with Crippen LogP contribution in [-0.4, -0.2) is 33.1 Å². The molecule has 0 aliphatic carbocycles. The number of anilines is 1. The van der Waals surface area contributed by atoms with Gasteiger partial charge in [0.1, 0.15) is 24.1 Å². The summed E-state index contributed by atoms with van der Waals surface area (Å²) in [6.45, 7) is 3.54. The average molecular weight is 417 g/mol. The van der Waals surface area contributed by atoms with Gasteiger partial charge in [-0.1, -0.05) is 35.5 Å². The molecule has 6 nitrogen and oxygen atoms in total. The van der Waals surface area contributed by atoms with Crippen molar-refractivity contribution >= 4 is 5.82 Å². The standard InChI is InChI=1S/C24H24FN5O/c1-2-31-17-30-24(23(28-29-30)19-8-10-21(25)11-9-19)20-13-15-27-22(16-20)26-14-12-18-6-4-3-5-7-18/h3-11,13,15-16H,2,12,14,17H2,1H3,(H,26,27). The molecule has 4 aromatic rings. The molecule has 31 heavy (non-hydrogen) atoms. The van der Waals surface area contributed by atoms with Gasteiger partial charge in [-0.3, -0.25) is 0 Å². The van der Waals surface area contributed by atoms with Crippen molar-refractivity contribution in [3.05, 3.63) is 84.3 Å². The van der Waals surface area contributed by atoms with Gasteiger partial charge in [-0.05, 0) is 55.3 Å². The van der Waals surface area contributed by atoms with Gasteiger partial charge in [0, 0.05) is 30.5 Å². The largest absolute Gasteiger partial charge is 0.370 e. The van der Waals surface area contributed by atoms with Crippen molar-refractivity contribution in [2.75, 3.05) is 18.5 Å². The van der Waals surface area contributed by atoms with Crippen molar-refractivity contribution in [1.82, 2.24) is 20.0 Å². The second kappa shape index (κ2) is 9.95. The smallest absolute Gasteiger partial charge is 0.141 e. The first kappa shape index (κ1) is 20.7. The van der Waals surface area contributed by atoms with E-state index in [0.717, 1.165) is 35.6 Å². The Labute approximate surface area is 180 Å². The van der Waals surface area contributed by atoms with Crippen LogP contribution in [0.2, 0.25) is 0 Å². The maximum atomic E-state index is 13.4. The molecular weight excluding hydrogens is 393 g/mol. The molecule has 0 saturated heterocycles. The molecule has 0 atom stereocenters. The molecule has 0 aliphatic heterocycles. The molecule has 2 aromatic heterocycles. The van der Waals surface area contributed by atoms with Gasteiger partial charge in [0.2, 0.25) is 0 Å². The highest BCUT2D eigenvalue weighted by molar-refractivity contribution is 5.78. The highest BCUT2D eigenvalue weighted by atomic mass is 19.1. The summed E-state index contributed by atoms with van der Waals surface area (Å²) in [7, 11) is 0. The molecule has 0 radical (unpaired) electrons. The first-order valence-corrected chi connectivity index (χ1v) is 10.3. The summed E-state index contributed by atoms with van der Waals surface area (Å²) >= 11 is 0. The Hall–Kier alpha value is -3.58. The number of nitrogens with one attached hydrogen (secondary N) is 1. The van der Waals surface area contributed by atoms with Crippen LogP contribution < -0.4 is 5.32 Å².